The molecule has 0 aliphatic rings. The third-order valence-electron chi connectivity index (χ3n) is 2.20. The molecule has 102 valence electrons. The molecule has 0 fully saturated rings. The van der Waals surface area contributed by atoms with Gasteiger partial charge in [0.25, 0.3) is 0 Å². The Balaban J connectivity index is 2.26. The van der Waals surface area contributed by atoms with E-state index in [-0.39, 0.29) is 11.9 Å². The number of ether oxygens (including phenoxy) is 2. The molecule has 2 rings (SSSR count). The smallest absolute Gasteiger partial charge is 0.348 e. The summed E-state index contributed by atoms with van der Waals surface area (Å²) in [5.41, 5.74) is -0.508. The van der Waals surface area contributed by atoms with Crippen LogP contribution < -0.4 is 0 Å². The van der Waals surface area contributed by atoms with Gasteiger partial charge in [0, 0.05) is 5.39 Å². The van der Waals surface area contributed by atoms with Crippen molar-refractivity contribution in [1.82, 2.24) is 0 Å². The third-order valence-corrected chi connectivity index (χ3v) is 4.55. The second-order valence-electron chi connectivity index (χ2n) is 4.96. The standard InChI is InChI=1S/C13H14O4S2/c1-13(2,3)17-11(15)9-6-7-5-8(10(14)16-4)18-12(7)19-9/h5-6H,1-4H3. The summed E-state index contributed by atoms with van der Waals surface area (Å²) in [4.78, 5) is 24.4. The van der Waals surface area contributed by atoms with Gasteiger partial charge in [0.1, 0.15) is 15.4 Å². The Hall–Kier alpha value is -1.40. The zero-order valence-electron chi connectivity index (χ0n) is 11.1. The summed E-state index contributed by atoms with van der Waals surface area (Å²) in [6.45, 7) is 5.49. The lowest BCUT2D eigenvalue weighted by atomic mass is 10.2. The van der Waals surface area contributed by atoms with Crippen molar-refractivity contribution in [2.45, 2.75) is 26.4 Å². The van der Waals surface area contributed by atoms with Crippen LogP contribution in [0.1, 0.15) is 40.1 Å². The van der Waals surface area contributed by atoms with Crippen molar-refractivity contribution < 1.29 is 19.1 Å². The van der Waals surface area contributed by atoms with E-state index in [4.69, 9.17) is 4.74 Å². The highest BCUT2D eigenvalue weighted by molar-refractivity contribution is 7.39. The van der Waals surface area contributed by atoms with Gasteiger partial charge in [-0.15, -0.1) is 22.7 Å². The van der Waals surface area contributed by atoms with Gasteiger partial charge in [0.2, 0.25) is 0 Å². The molecular weight excluding hydrogens is 284 g/mol. The fraction of sp³-hybridized carbons (Fsp3) is 0.385. The first-order chi connectivity index (χ1) is 8.80. The topological polar surface area (TPSA) is 52.6 Å². The van der Waals surface area contributed by atoms with Crippen LogP contribution in [0, 0.1) is 0 Å². The average Bonchev–Trinajstić information content (AvgIpc) is 2.82. The molecule has 0 atom stereocenters. The maximum atomic E-state index is 11.9. The molecule has 0 bridgehead atoms. The summed E-state index contributed by atoms with van der Waals surface area (Å²) >= 11 is 2.65. The minimum absolute atomic E-state index is 0.333. The molecule has 2 aromatic heterocycles. The van der Waals surface area contributed by atoms with Gasteiger partial charge in [-0.2, -0.15) is 0 Å². The Morgan fingerprint density at radius 3 is 2.00 bits per heavy atom. The van der Waals surface area contributed by atoms with Crippen molar-refractivity contribution in [1.29, 1.82) is 0 Å². The molecule has 0 saturated carbocycles. The highest BCUT2D eigenvalue weighted by Crippen LogP contribution is 2.34. The molecule has 0 spiro atoms. The van der Waals surface area contributed by atoms with E-state index in [9.17, 15) is 9.59 Å². The van der Waals surface area contributed by atoms with E-state index >= 15 is 0 Å². The van der Waals surface area contributed by atoms with Gasteiger partial charge >= 0.3 is 11.9 Å². The molecular formula is C13H14O4S2. The van der Waals surface area contributed by atoms with Crippen molar-refractivity contribution in [2.75, 3.05) is 7.11 Å². The van der Waals surface area contributed by atoms with E-state index in [0.29, 0.717) is 9.75 Å². The van der Waals surface area contributed by atoms with Crippen LogP contribution in [0.2, 0.25) is 0 Å². The first-order valence-corrected chi connectivity index (χ1v) is 7.28. The summed E-state index contributed by atoms with van der Waals surface area (Å²) < 4.78 is 10.9. The summed E-state index contributed by atoms with van der Waals surface area (Å²) in [6.07, 6.45) is 0. The average molecular weight is 298 g/mol. The summed E-state index contributed by atoms with van der Waals surface area (Å²) in [5.74, 6) is -0.687. The predicted molar refractivity (Wildman–Crippen MR) is 76.2 cm³/mol. The largest absolute Gasteiger partial charge is 0.465 e. The van der Waals surface area contributed by atoms with Crippen molar-refractivity contribution in [3.05, 3.63) is 21.9 Å². The van der Waals surface area contributed by atoms with E-state index < -0.39 is 5.60 Å². The Labute approximate surface area is 118 Å². The molecule has 19 heavy (non-hydrogen) atoms. The number of hydrogen-bond acceptors (Lipinski definition) is 6. The van der Waals surface area contributed by atoms with Crippen LogP contribution in [-0.2, 0) is 9.47 Å². The Morgan fingerprint density at radius 2 is 1.58 bits per heavy atom. The van der Waals surface area contributed by atoms with Crippen LogP contribution in [0.5, 0.6) is 0 Å². The molecule has 0 radical (unpaired) electrons. The maximum Gasteiger partial charge on any atom is 0.348 e. The number of rotatable bonds is 2. The lowest BCUT2D eigenvalue weighted by Crippen LogP contribution is -2.23. The van der Waals surface area contributed by atoms with Gasteiger partial charge in [-0.05, 0) is 32.9 Å². The number of methoxy groups -OCH3 is 1. The number of carbonyl (C=O) groups excluding carboxylic acids is 2. The summed E-state index contributed by atoms with van der Waals surface area (Å²) in [6, 6.07) is 3.48. The fourth-order valence-corrected chi connectivity index (χ4v) is 3.71. The van der Waals surface area contributed by atoms with Gasteiger partial charge in [-0.1, -0.05) is 0 Å². The van der Waals surface area contributed by atoms with Crippen molar-refractivity contribution >= 4 is 44.0 Å². The molecule has 0 saturated heterocycles. The van der Waals surface area contributed by atoms with E-state index in [1.807, 2.05) is 20.8 Å². The van der Waals surface area contributed by atoms with Crippen LogP contribution >= 0.6 is 22.7 Å². The van der Waals surface area contributed by atoms with Crippen molar-refractivity contribution in [3.8, 4) is 0 Å². The van der Waals surface area contributed by atoms with Gasteiger partial charge in [-0.3, -0.25) is 0 Å². The van der Waals surface area contributed by atoms with Crippen molar-refractivity contribution in [2.24, 2.45) is 0 Å². The van der Waals surface area contributed by atoms with Gasteiger partial charge in [0.05, 0.1) is 11.1 Å². The van der Waals surface area contributed by atoms with Gasteiger partial charge in [-0.25, -0.2) is 9.59 Å². The fourth-order valence-electron chi connectivity index (χ4n) is 1.47. The number of carbonyl (C=O) groups is 2. The molecule has 0 N–H and O–H groups in total. The summed E-state index contributed by atoms with van der Waals surface area (Å²) in [5, 5.41) is 0.872. The lowest BCUT2D eigenvalue weighted by Gasteiger charge is -2.18. The molecule has 0 amide bonds. The first kappa shape index (κ1) is 14.0. The Kier molecular flexibility index (Phi) is 3.64. The molecule has 0 aromatic carbocycles. The molecule has 0 aliphatic carbocycles. The second kappa shape index (κ2) is 4.94. The minimum Gasteiger partial charge on any atom is -0.465 e. The number of hydrogen-bond donors (Lipinski definition) is 0. The molecule has 6 heteroatoms. The lowest BCUT2D eigenvalue weighted by molar-refractivity contribution is 0.00751. The molecule has 2 aromatic rings. The first-order valence-electron chi connectivity index (χ1n) is 5.65. The van der Waals surface area contributed by atoms with E-state index in [2.05, 4.69) is 4.74 Å². The maximum absolute atomic E-state index is 11.9. The monoisotopic (exact) mass is 298 g/mol. The highest BCUT2D eigenvalue weighted by Gasteiger charge is 2.21. The Morgan fingerprint density at radius 1 is 1.05 bits per heavy atom. The van der Waals surface area contributed by atoms with Crippen LogP contribution in [0.25, 0.3) is 9.40 Å². The van der Waals surface area contributed by atoms with E-state index in [1.54, 1.807) is 12.1 Å². The summed E-state index contributed by atoms with van der Waals surface area (Å²) in [7, 11) is 1.35. The molecule has 2 heterocycles. The quantitative estimate of drug-likeness (QED) is 0.793. The van der Waals surface area contributed by atoms with Crippen LogP contribution in [0.4, 0.5) is 0 Å². The number of thiophene rings is 2. The van der Waals surface area contributed by atoms with E-state index in [1.165, 1.54) is 29.8 Å². The highest BCUT2D eigenvalue weighted by atomic mass is 32.2. The zero-order chi connectivity index (χ0) is 14.2. The SMILES string of the molecule is COC(=O)c1cc2cc(C(=O)OC(C)(C)C)sc2s1. The predicted octanol–water partition coefficient (Wildman–Crippen LogP) is 3.70. The molecule has 4 nitrogen and oxygen atoms in total. The third kappa shape index (κ3) is 3.13. The van der Waals surface area contributed by atoms with Gasteiger partial charge in [0.15, 0.2) is 0 Å². The van der Waals surface area contributed by atoms with Crippen LogP contribution in [0.3, 0.4) is 0 Å². The minimum atomic E-state index is -0.508. The van der Waals surface area contributed by atoms with Crippen LogP contribution in [0.15, 0.2) is 12.1 Å². The Bertz CT molecular complexity index is 599. The zero-order valence-corrected chi connectivity index (χ0v) is 12.7. The van der Waals surface area contributed by atoms with E-state index in [0.717, 1.165) is 9.40 Å². The van der Waals surface area contributed by atoms with Gasteiger partial charge < -0.3 is 9.47 Å². The van der Waals surface area contributed by atoms with Crippen molar-refractivity contribution in [3.63, 3.8) is 0 Å². The second-order valence-corrected chi connectivity index (χ2v) is 7.32. The number of fused-ring (bicyclic) bond motifs is 1. The molecule has 0 aliphatic heterocycles. The van der Waals surface area contributed by atoms with Crippen LogP contribution in [-0.4, -0.2) is 24.6 Å². The normalized spacial score (nSPS) is 11.6. The molecule has 0 unspecified atom stereocenters. The number of esters is 2.